The van der Waals surface area contributed by atoms with Gasteiger partial charge in [0.1, 0.15) is 12.7 Å². The average Bonchev–Trinajstić information content (AvgIpc) is 2.51. The summed E-state index contributed by atoms with van der Waals surface area (Å²) in [5.74, 6) is -0.953. The van der Waals surface area contributed by atoms with Crippen LogP contribution in [-0.2, 0) is 28.5 Å². The lowest BCUT2D eigenvalue weighted by Gasteiger charge is -2.32. The fourth-order valence-electron chi connectivity index (χ4n) is 2.30. The molecule has 0 aromatic heterocycles. The van der Waals surface area contributed by atoms with Crippen LogP contribution in [0.25, 0.3) is 0 Å². The molecular weight excluding hydrogens is 288 g/mol. The second kappa shape index (κ2) is 8.90. The molecule has 1 fully saturated rings. The van der Waals surface area contributed by atoms with Gasteiger partial charge in [0.05, 0.1) is 12.7 Å². The van der Waals surface area contributed by atoms with Gasteiger partial charge in [-0.25, -0.2) is 9.59 Å². The maximum absolute atomic E-state index is 12.3. The normalized spacial score (nSPS) is 22.0. The van der Waals surface area contributed by atoms with Crippen molar-refractivity contribution < 1.29 is 28.5 Å². The molecule has 2 unspecified atom stereocenters. The monoisotopic (exact) mass is 314 g/mol. The van der Waals surface area contributed by atoms with Crippen LogP contribution >= 0.6 is 0 Å². The van der Waals surface area contributed by atoms with E-state index in [1.807, 2.05) is 0 Å². The minimum atomic E-state index is -1.10. The predicted molar refractivity (Wildman–Crippen MR) is 80.3 cm³/mol. The molecule has 2 atom stereocenters. The molecule has 6 heteroatoms. The first-order valence-corrected chi connectivity index (χ1v) is 7.57. The molecule has 0 N–H and O–H groups in total. The molecule has 0 saturated heterocycles. The van der Waals surface area contributed by atoms with E-state index in [4.69, 9.17) is 18.9 Å². The maximum Gasteiger partial charge on any atom is 0.338 e. The third kappa shape index (κ3) is 5.77. The van der Waals surface area contributed by atoms with Gasteiger partial charge in [-0.05, 0) is 33.1 Å². The van der Waals surface area contributed by atoms with Crippen molar-refractivity contribution in [2.75, 3.05) is 20.3 Å². The number of methoxy groups -OCH3 is 1. The van der Waals surface area contributed by atoms with Crippen molar-refractivity contribution in [2.24, 2.45) is 0 Å². The molecule has 0 aromatic rings. The third-order valence-corrected chi connectivity index (χ3v) is 3.65. The number of carbonyl (C=O) groups excluding carboxylic acids is 2. The van der Waals surface area contributed by atoms with Crippen molar-refractivity contribution in [3.05, 3.63) is 12.7 Å². The van der Waals surface area contributed by atoms with Gasteiger partial charge in [0.25, 0.3) is 0 Å². The number of rotatable bonds is 8. The molecule has 0 heterocycles. The van der Waals surface area contributed by atoms with Crippen molar-refractivity contribution in [1.82, 2.24) is 0 Å². The van der Waals surface area contributed by atoms with Gasteiger partial charge in [-0.2, -0.15) is 0 Å². The first-order valence-electron chi connectivity index (χ1n) is 7.57. The Morgan fingerprint density at radius 1 is 1.18 bits per heavy atom. The van der Waals surface area contributed by atoms with Gasteiger partial charge in [-0.1, -0.05) is 13.0 Å². The Labute approximate surface area is 131 Å². The largest absolute Gasteiger partial charge is 0.460 e. The van der Waals surface area contributed by atoms with E-state index < -0.39 is 17.5 Å². The Balaban J connectivity index is 2.41. The van der Waals surface area contributed by atoms with Crippen LogP contribution in [-0.4, -0.2) is 50.1 Å². The first kappa shape index (κ1) is 18.6. The molecule has 1 aliphatic carbocycles. The summed E-state index contributed by atoms with van der Waals surface area (Å²) < 4.78 is 21.2. The van der Waals surface area contributed by atoms with Gasteiger partial charge in [0.15, 0.2) is 5.60 Å². The summed E-state index contributed by atoms with van der Waals surface area (Å²) in [6.45, 7) is 6.74. The molecule has 1 saturated carbocycles. The Morgan fingerprint density at radius 3 is 2.41 bits per heavy atom. The number of hydrogen-bond acceptors (Lipinski definition) is 6. The summed E-state index contributed by atoms with van der Waals surface area (Å²) >= 11 is 0. The molecule has 0 radical (unpaired) electrons. The molecule has 1 rings (SSSR count). The van der Waals surface area contributed by atoms with Gasteiger partial charge in [0.2, 0.25) is 0 Å². The molecule has 6 nitrogen and oxygen atoms in total. The van der Waals surface area contributed by atoms with Crippen LogP contribution in [0.2, 0.25) is 0 Å². The van der Waals surface area contributed by atoms with Gasteiger partial charge >= 0.3 is 11.9 Å². The van der Waals surface area contributed by atoms with Crippen LogP contribution in [0, 0.1) is 0 Å². The third-order valence-electron chi connectivity index (χ3n) is 3.65. The zero-order valence-corrected chi connectivity index (χ0v) is 13.6. The lowest BCUT2D eigenvalue weighted by molar-refractivity contribution is -0.184. The summed E-state index contributed by atoms with van der Waals surface area (Å²) in [7, 11) is 1.63. The minimum Gasteiger partial charge on any atom is -0.460 e. The Kier molecular flexibility index (Phi) is 7.55. The topological polar surface area (TPSA) is 71.1 Å². The molecule has 1 aliphatic rings. The Bertz CT molecular complexity index is 390. The number of esters is 2. The summed E-state index contributed by atoms with van der Waals surface area (Å²) in [6.07, 6.45) is 4.60. The van der Waals surface area contributed by atoms with Crippen LogP contribution < -0.4 is 0 Å². The first-order chi connectivity index (χ1) is 10.4. The van der Waals surface area contributed by atoms with E-state index in [1.165, 1.54) is 0 Å². The average molecular weight is 314 g/mol. The van der Waals surface area contributed by atoms with Crippen molar-refractivity contribution in [1.29, 1.82) is 0 Å². The number of carbonyl (C=O) groups is 2. The molecule has 0 aliphatic heterocycles. The highest BCUT2D eigenvalue weighted by molar-refractivity contribution is 5.81. The lowest BCUT2D eigenvalue weighted by atomic mass is 9.94. The second-order valence-electron chi connectivity index (χ2n) is 5.73. The van der Waals surface area contributed by atoms with E-state index in [9.17, 15) is 9.59 Å². The van der Waals surface area contributed by atoms with E-state index in [1.54, 1.807) is 21.0 Å². The Morgan fingerprint density at radius 2 is 1.82 bits per heavy atom. The second-order valence-corrected chi connectivity index (χ2v) is 5.73. The standard InChI is InChI=1S/C16H26O6/c1-5-14(17)20-10-11-21-16(2,3)15(18)22-13-9-7-6-8-12(13)19-4/h5,12-13H,1,6-11H2,2-4H3. The van der Waals surface area contributed by atoms with E-state index in [0.29, 0.717) is 0 Å². The molecule has 0 amide bonds. The zero-order chi connectivity index (χ0) is 16.6. The zero-order valence-electron chi connectivity index (χ0n) is 13.6. The number of hydrogen-bond donors (Lipinski definition) is 0. The maximum atomic E-state index is 12.3. The van der Waals surface area contributed by atoms with Gasteiger partial charge < -0.3 is 18.9 Å². The highest BCUT2D eigenvalue weighted by atomic mass is 16.6. The SMILES string of the molecule is C=CC(=O)OCCOC(C)(C)C(=O)OC1CCCCC1OC. The number of ether oxygens (including phenoxy) is 4. The lowest BCUT2D eigenvalue weighted by Crippen LogP contribution is -2.43. The van der Waals surface area contributed by atoms with Gasteiger partial charge in [0, 0.05) is 13.2 Å². The summed E-state index contributed by atoms with van der Waals surface area (Å²) in [5.41, 5.74) is -1.10. The van der Waals surface area contributed by atoms with Crippen molar-refractivity contribution >= 4 is 11.9 Å². The van der Waals surface area contributed by atoms with Crippen molar-refractivity contribution in [3.63, 3.8) is 0 Å². The fourth-order valence-corrected chi connectivity index (χ4v) is 2.30. The van der Waals surface area contributed by atoms with Gasteiger partial charge in [-0.15, -0.1) is 0 Å². The van der Waals surface area contributed by atoms with Crippen LogP contribution in [0.3, 0.4) is 0 Å². The molecule has 0 spiro atoms. The fraction of sp³-hybridized carbons (Fsp3) is 0.750. The van der Waals surface area contributed by atoms with Crippen molar-refractivity contribution in [2.45, 2.75) is 57.3 Å². The van der Waals surface area contributed by atoms with Gasteiger partial charge in [-0.3, -0.25) is 0 Å². The van der Waals surface area contributed by atoms with Crippen LogP contribution in [0.15, 0.2) is 12.7 Å². The van der Waals surface area contributed by atoms with Crippen molar-refractivity contribution in [3.8, 4) is 0 Å². The molecule has 126 valence electrons. The van der Waals surface area contributed by atoms with E-state index in [-0.39, 0.29) is 25.4 Å². The summed E-state index contributed by atoms with van der Waals surface area (Å²) in [5, 5.41) is 0. The van der Waals surface area contributed by atoms with E-state index in [0.717, 1.165) is 31.8 Å². The predicted octanol–water partition coefficient (Wildman–Crippen LogP) is 2.01. The molecule has 0 aromatic carbocycles. The molecule has 22 heavy (non-hydrogen) atoms. The van der Waals surface area contributed by atoms with E-state index in [2.05, 4.69) is 6.58 Å². The highest BCUT2D eigenvalue weighted by Crippen LogP contribution is 2.25. The minimum absolute atomic E-state index is 0.0537. The van der Waals surface area contributed by atoms with Crippen LogP contribution in [0.1, 0.15) is 39.5 Å². The van der Waals surface area contributed by atoms with Crippen LogP contribution in [0.5, 0.6) is 0 Å². The highest BCUT2D eigenvalue weighted by Gasteiger charge is 2.35. The quantitative estimate of drug-likeness (QED) is 0.388. The van der Waals surface area contributed by atoms with Crippen LogP contribution in [0.4, 0.5) is 0 Å². The molecular formula is C16H26O6. The molecule has 0 bridgehead atoms. The smallest absolute Gasteiger partial charge is 0.338 e. The Hall–Kier alpha value is -1.40. The summed E-state index contributed by atoms with van der Waals surface area (Å²) in [4.78, 5) is 23.2. The summed E-state index contributed by atoms with van der Waals surface area (Å²) in [6, 6.07) is 0. The van der Waals surface area contributed by atoms with E-state index >= 15 is 0 Å².